The average molecular weight is 252 g/mol. The minimum Gasteiger partial charge on any atom is -0.326 e. The molecule has 0 saturated carbocycles. The lowest BCUT2D eigenvalue weighted by molar-refractivity contribution is -0.115. The molecule has 2 rings (SSSR count). The average Bonchev–Trinajstić information content (AvgIpc) is 2.42. The van der Waals surface area contributed by atoms with Gasteiger partial charge in [0.25, 0.3) is 0 Å². The van der Waals surface area contributed by atoms with Gasteiger partial charge in [-0.3, -0.25) is 4.79 Å². The van der Waals surface area contributed by atoms with Crippen molar-refractivity contribution >= 4 is 23.4 Å². The largest absolute Gasteiger partial charge is 0.326 e. The summed E-state index contributed by atoms with van der Waals surface area (Å²) < 4.78 is 0. The van der Waals surface area contributed by atoms with Crippen LogP contribution in [0.1, 0.15) is 5.56 Å². The summed E-state index contributed by atoms with van der Waals surface area (Å²) in [4.78, 5) is 25.4. The Labute approximate surface area is 110 Å². The predicted octanol–water partition coefficient (Wildman–Crippen LogP) is 2.84. The Bertz CT molecular complexity index is 600. The van der Waals surface area contributed by atoms with Crippen molar-refractivity contribution in [3.8, 4) is 0 Å². The Morgan fingerprint density at radius 2 is 1.74 bits per heavy atom. The maximum absolute atomic E-state index is 11.8. The summed E-state index contributed by atoms with van der Waals surface area (Å²) in [7, 11) is 0. The van der Waals surface area contributed by atoms with E-state index in [1.54, 1.807) is 24.3 Å². The molecule has 0 heterocycles. The highest BCUT2D eigenvalue weighted by atomic mass is 16.1. The van der Waals surface area contributed by atoms with Crippen molar-refractivity contribution < 1.29 is 9.59 Å². The van der Waals surface area contributed by atoms with Crippen molar-refractivity contribution in [2.45, 2.75) is 6.42 Å². The summed E-state index contributed by atoms with van der Waals surface area (Å²) in [6.45, 7) is 0. The number of hydrogen-bond acceptors (Lipinski definition) is 3. The van der Waals surface area contributed by atoms with E-state index in [1.165, 1.54) is 6.08 Å². The Balaban J connectivity index is 1.97. The molecule has 0 fully saturated rings. The topological polar surface area (TPSA) is 58.5 Å². The summed E-state index contributed by atoms with van der Waals surface area (Å²) in [5.41, 5.74) is 2.14. The van der Waals surface area contributed by atoms with Crippen molar-refractivity contribution in [1.29, 1.82) is 0 Å². The fourth-order valence-electron chi connectivity index (χ4n) is 1.66. The standard InChI is InChI=1S/C15H12N2O2/c18-11-16-13-6-8-14(9-7-13)17-15(19)10-12-4-2-1-3-5-12/h1-9H,10H2,(H,17,19). The number of benzene rings is 2. The van der Waals surface area contributed by atoms with Crippen molar-refractivity contribution in [1.82, 2.24) is 0 Å². The molecule has 94 valence electrons. The lowest BCUT2D eigenvalue weighted by Crippen LogP contribution is -2.14. The van der Waals surface area contributed by atoms with Gasteiger partial charge >= 0.3 is 0 Å². The van der Waals surface area contributed by atoms with Crippen molar-refractivity contribution in [3.63, 3.8) is 0 Å². The third-order valence-electron chi connectivity index (χ3n) is 2.53. The quantitative estimate of drug-likeness (QED) is 0.672. The van der Waals surface area contributed by atoms with Crippen LogP contribution >= 0.6 is 0 Å². The van der Waals surface area contributed by atoms with Gasteiger partial charge in [-0.1, -0.05) is 30.3 Å². The number of hydrogen-bond donors (Lipinski definition) is 1. The molecule has 0 radical (unpaired) electrons. The molecule has 0 unspecified atom stereocenters. The van der Waals surface area contributed by atoms with Gasteiger partial charge in [0.1, 0.15) is 0 Å². The van der Waals surface area contributed by atoms with E-state index in [2.05, 4.69) is 10.3 Å². The van der Waals surface area contributed by atoms with E-state index in [-0.39, 0.29) is 5.91 Å². The molecule has 0 aliphatic heterocycles. The van der Waals surface area contributed by atoms with Crippen molar-refractivity contribution in [3.05, 3.63) is 60.2 Å². The number of isocyanates is 1. The van der Waals surface area contributed by atoms with Crippen LogP contribution in [0.3, 0.4) is 0 Å². The SMILES string of the molecule is O=C=Nc1ccc(NC(=O)Cc2ccccc2)cc1. The predicted molar refractivity (Wildman–Crippen MR) is 73.0 cm³/mol. The normalized spacial score (nSPS) is 9.47. The van der Waals surface area contributed by atoms with E-state index in [0.717, 1.165) is 5.56 Å². The van der Waals surface area contributed by atoms with Crippen LogP contribution in [0.15, 0.2) is 59.6 Å². The molecule has 2 aromatic carbocycles. The molecule has 1 N–H and O–H groups in total. The first kappa shape index (κ1) is 12.7. The molecule has 2 aromatic rings. The minimum absolute atomic E-state index is 0.0853. The molecule has 4 nitrogen and oxygen atoms in total. The highest BCUT2D eigenvalue weighted by Gasteiger charge is 2.03. The number of rotatable bonds is 4. The molecular weight excluding hydrogens is 240 g/mol. The number of nitrogens with zero attached hydrogens (tertiary/aromatic N) is 1. The molecule has 0 saturated heterocycles. The molecule has 0 aromatic heterocycles. The summed E-state index contributed by atoms with van der Waals surface area (Å²) in [6.07, 6.45) is 1.79. The van der Waals surface area contributed by atoms with Crippen LogP contribution in [0.25, 0.3) is 0 Å². The van der Waals surface area contributed by atoms with Crippen LogP contribution in [0.5, 0.6) is 0 Å². The van der Waals surface area contributed by atoms with Gasteiger partial charge in [-0.15, -0.1) is 0 Å². The number of carbonyl (C=O) groups excluding carboxylic acids is 2. The first-order valence-corrected chi connectivity index (χ1v) is 5.79. The maximum Gasteiger partial charge on any atom is 0.240 e. The summed E-state index contributed by atoms with van der Waals surface area (Å²) in [6, 6.07) is 16.2. The van der Waals surface area contributed by atoms with Crippen LogP contribution in [0.2, 0.25) is 0 Å². The third-order valence-corrected chi connectivity index (χ3v) is 2.53. The van der Waals surface area contributed by atoms with Gasteiger partial charge in [0.15, 0.2) is 0 Å². The highest BCUT2D eigenvalue weighted by Crippen LogP contribution is 2.15. The molecule has 4 heteroatoms. The second-order valence-electron chi connectivity index (χ2n) is 3.96. The Kier molecular flexibility index (Phi) is 4.21. The third kappa shape index (κ3) is 3.91. The van der Waals surface area contributed by atoms with E-state index in [4.69, 9.17) is 0 Å². The molecule has 0 aliphatic rings. The zero-order valence-corrected chi connectivity index (χ0v) is 10.2. The zero-order chi connectivity index (χ0) is 13.5. The highest BCUT2D eigenvalue weighted by molar-refractivity contribution is 5.92. The van der Waals surface area contributed by atoms with E-state index in [1.807, 2.05) is 30.3 Å². The van der Waals surface area contributed by atoms with Gasteiger partial charge in [0.2, 0.25) is 12.0 Å². The Hall–Kier alpha value is -2.71. The smallest absolute Gasteiger partial charge is 0.240 e. The molecule has 1 amide bonds. The van der Waals surface area contributed by atoms with Gasteiger partial charge in [0, 0.05) is 5.69 Å². The maximum atomic E-state index is 11.8. The monoisotopic (exact) mass is 252 g/mol. The van der Waals surface area contributed by atoms with Crippen LogP contribution in [-0.4, -0.2) is 12.0 Å². The van der Waals surface area contributed by atoms with E-state index in [0.29, 0.717) is 17.8 Å². The first-order valence-electron chi connectivity index (χ1n) is 5.79. The van der Waals surface area contributed by atoms with Crippen LogP contribution < -0.4 is 5.32 Å². The van der Waals surface area contributed by atoms with E-state index < -0.39 is 0 Å². The molecule has 0 aliphatic carbocycles. The second-order valence-corrected chi connectivity index (χ2v) is 3.96. The molecule has 19 heavy (non-hydrogen) atoms. The van der Waals surface area contributed by atoms with Gasteiger partial charge in [-0.25, -0.2) is 4.79 Å². The lowest BCUT2D eigenvalue weighted by Gasteiger charge is -2.05. The first-order chi connectivity index (χ1) is 9.28. The van der Waals surface area contributed by atoms with Crippen molar-refractivity contribution in [2.75, 3.05) is 5.32 Å². The van der Waals surface area contributed by atoms with Crippen LogP contribution in [0.4, 0.5) is 11.4 Å². The fraction of sp³-hybridized carbons (Fsp3) is 0.0667. The van der Waals surface area contributed by atoms with E-state index in [9.17, 15) is 9.59 Å². The fourth-order valence-corrected chi connectivity index (χ4v) is 1.66. The Morgan fingerprint density at radius 3 is 2.37 bits per heavy atom. The van der Waals surface area contributed by atoms with E-state index >= 15 is 0 Å². The summed E-state index contributed by atoms with van der Waals surface area (Å²) in [5, 5.41) is 2.78. The summed E-state index contributed by atoms with van der Waals surface area (Å²) >= 11 is 0. The van der Waals surface area contributed by atoms with Crippen LogP contribution in [0, 0.1) is 0 Å². The minimum atomic E-state index is -0.0853. The second kappa shape index (κ2) is 6.28. The number of nitrogens with one attached hydrogen (secondary N) is 1. The number of aliphatic imine (C=N–C) groups is 1. The zero-order valence-electron chi connectivity index (χ0n) is 10.2. The number of anilines is 1. The molecule has 0 atom stereocenters. The molecular formula is C15H12N2O2. The van der Waals surface area contributed by atoms with Gasteiger partial charge in [-0.05, 0) is 29.8 Å². The van der Waals surface area contributed by atoms with Crippen LogP contribution in [-0.2, 0) is 16.0 Å². The summed E-state index contributed by atoms with van der Waals surface area (Å²) in [5.74, 6) is -0.0853. The number of amides is 1. The van der Waals surface area contributed by atoms with Gasteiger partial charge < -0.3 is 5.32 Å². The van der Waals surface area contributed by atoms with Gasteiger partial charge in [-0.2, -0.15) is 4.99 Å². The molecule has 0 bridgehead atoms. The Morgan fingerprint density at radius 1 is 1.05 bits per heavy atom. The molecule has 0 spiro atoms. The van der Waals surface area contributed by atoms with Crippen molar-refractivity contribution in [2.24, 2.45) is 4.99 Å². The van der Waals surface area contributed by atoms with Gasteiger partial charge in [0.05, 0.1) is 12.1 Å². The number of carbonyl (C=O) groups is 1. The lowest BCUT2D eigenvalue weighted by atomic mass is 10.1.